The third kappa shape index (κ3) is 4.84. The topological polar surface area (TPSA) is 74.6 Å². The fourth-order valence-electron chi connectivity index (χ4n) is 2.98. The largest absolute Gasteiger partial charge is 0.459 e. The molecule has 0 atom stereocenters. The van der Waals surface area contributed by atoms with Gasteiger partial charge in [0.05, 0.1) is 12.2 Å². The van der Waals surface area contributed by atoms with E-state index in [0.717, 1.165) is 16.7 Å². The Morgan fingerprint density at radius 1 is 1.03 bits per heavy atom. The SMILES string of the molecule is Cc1cc2cccc(NC(=O)c3ccc(C)c(NC(=O)CN(C)C(C)C)c3)c2o1. The lowest BCUT2D eigenvalue weighted by Gasteiger charge is -2.20. The van der Waals surface area contributed by atoms with Crippen LogP contribution in [-0.2, 0) is 4.79 Å². The first-order valence-electron chi connectivity index (χ1n) is 9.66. The van der Waals surface area contributed by atoms with Gasteiger partial charge in [-0.05, 0) is 64.6 Å². The van der Waals surface area contributed by atoms with Gasteiger partial charge in [0.15, 0.2) is 5.58 Å². The maximum absolute atomic E-state index is 12.8. The van der Waals surface area contributed by atoms with Gasteiger partial charge in [0, 0.05) is 22.7 Å². The average molecular weight is 393 g/mol. The van der Waals surface area contributed by atoms with Gasteiger partial charge in [0.1, 0.15) is 5.76 Å². The summed E-state index contributed by atoms with van der Waals surface area (Å²) in [5.74, 6) is 0.410. The van der Waals surface area contributed by atoms with Gasteiger partial charge < -0.3 is 15.1 Å². The molecular formula is C23H27N3O3. The van der Waals surface area contributed by atoms with E-state index < -0.39 is 0 Å². The maximum Gasteiger partial charge on any atom is 0.255 e. The molecule has 0 spiro atoms. The number of anilines is 2. The molecule has 1 heterocycles. The van der Waals surface area contributed by atoms with Crippen molar-refractivity contribution in [2.45, 2.75) is 33.7 Å². The van der Waals surface area contributed by atoms with Gasteiger partial charge in [0.25, 0.3) is 5.91 Å². The van der Waals surface area contributed by atoms with E-state index in [1.165, 1.54) is 0 Å². The van der Waals surface area contributed by atoms with Crippen LogP contribution in [0.25, 0.3) is 11.0 Å². The minimum atomic E-state index is -0.263. The number of furan rings is 1. The zero-order chi connectivity index (χ0) is 21.1. The molecule has 2 N–H and O–H groups in total. The van der Waals surface area contributed by atoms with E-state index in [0.29, 0.717) is 22.5 Å². The molecular weight excluding hydrogens is 366 g/mol. The highest BCUT2D eigenvalue weighted by Crippen LogP contribution is 2.27. The van der Waals surface area contributed by atoms with Crippen LogP contribution in [0.2, 0.25) is 0 Å². The first kappa shape index (κ1) is 20.6. The molecule has 152 valence electrons. The van der Waals surface area contributed by atoms with Crippen LogP contribution in [0.5, 0.6) is 0 Å². The number of fused-ring (bicyclic) bond motifs is 1. The van der Waals surface area contributed by atoms with Crippen LogP contribution in [0.1, 0.15) is 35.5 Å². The van der Waals surface area contributed by atoms with Gasteiger partial charge in [-0.1, -0.05) is 18.2 Å². The summed E-state index contributed by atoms with van der Waals surface area (Å²) in [5, 5.41) is 6.75. The second-order valence-electron chi connectivity index (χ2n) is 7.62. The number of carbonyl (C=O) groups is 2. The fraction of sp³-hybridized carbons (Fsp3) is 0.304. The van der Waals surface area contributed by atoms with E-state index >= 15 is 0 Å². The predicted molar refractivity (Wildman–Crippen MR) is 116 cm³/mol. The number of nitrogens with one attached hydrogen (secondary N) is 2. The molecule has 29 heavy (non-hydrogen) atoms. The molecule has 0 aliphatic heterocycles. The Balaban J connectivity index is 1.77. The minimum absolute atomic E-state index is 0.113. The number of nitrogens with zero attached hydrogens (tertiary/aromatic N) is 1. The third-order valence-electron chi connectivity index (χ3n) is 4.96. The molecule has 0 saturated heterocycles. The van der Waals surface area contributed by atoms with Crippen molar-refractivity contribution >= 4 is 34.2 Å². The molecule has 0 bridgehead atoms. The Hall–Kier alpha value is -3.12. The van der Waals surface area contributed by atoms with Crippen molar-refractivity contribution in [1.82, 2.24) is 4.90 Å². The third-order valence-corrected chi connectivity index (χ3v) is 4.96. The molecule has 0 aliphatic carbocycles. The van der Waals surface area contributed by atoms with E-state index in [1.54, 1.807) is 12.1 Å². The lowest BCUT2D eigenvalue weighted by atomic mass is 10.1. The van der Waals surface area contributed by atoms with E-state index in [2.05, 4.69) is 10.6 Å². The van der Waals surface area contributed by atoms with Gasteiger partial charge in [-0.3, -0.25) is 14.5 Å². The Labute approximate surface area is 170 Å². The highest BCUT2D eigenvalue weighted by atomic mass is 16.3. The van der Waals surface area contributed by atoms with Crippen molar-refractivity contribution in [3.8, 4) is 0 Å². The molecule has 0 saturated carbocycles. The summed E-state index contributed by atoms with van der Waals surface area (Å²) in [4.78, 5) is 27.1. The predicted octanol–water partition coefficient (Wildman–Crippen LogP) is 4.58. The van der Waals surface area contributed by atoms with Crippen LogP contribution in [0.15, 0.2) is 46.9 Å². The number of benzene rings is 2. The van der Waals surface area contributed by atoms with Crippen LogP contribution >= 0.6 is 0 Å². The van der Waals surface area contributed by atoms with Crippen molar-refractivity contribution in [2.75, 3.05) is 24.2 Å². The number of para-hydroxylation sites is 1. The van der Waals surface area contributed by atoms with Gasteiger partial charge in [-0.2, -0.15) is 0 Å². The molecule has 0 fully saturated rings. The van der Waals surface area contributed by atoms with Gasteiger partial charge in [0.2, 0.25) is 5.91 Å². The van der Waals surface area contributed by atoms with Crippen LogP contribution in [0.4, 0.5) is 11.4 Å². The van der Waals surface area contributed by atoms with Crippen LogP contribution in [0, 0.1) is 13.8 Å². The van der Waals surface area contributed by atoms with Crippen molar-refractivity contribution in [1.29, 1.82) is 0 Å². The van der Waals surface area contributed by atoms with Crippen molar-refractivity contribution in [3.63, 3.8) is 0 Å². The lowest BCUT2D eigenvalue weighted by molar-refractivity contribution is -0.117. The number of likely N-dealkylation sites (N-methyl/N-ethyl adjacent to an activating group) is 1. The van der Waals surface area contributed by atoms with Crippen molar-refractivity contribution in [2.24, 2.45) is 0 Å². The Morgan fingerprint density at radius 3 is 2.52 bits per heavy atom. The molecule has 6 heteroatoms. The van der Waals surface area contributed by atoms with Gasteiger partial charge in [-0.25, -0.2) is 0 Å². The quantitative estimate of drug-likeness (QED) is 0.643. The fourth-order valence-corrected chi connectivity index (χ4v) is 2.98. The standard InChI is InChI=1S/C23H27N3O3/c1-14(2)26(5)13-21(27)24-20-12-18(10-9-15(20)3)23(28)25-19-8-6-7-17-11-16(4)29-22(17)19/h6-12,14H,13H2,1-5H3,(H,24,27)(H,25,28). The zero-order valence-corrected chi connectivity index (χ0v) is 17.5. The summed E-state index contributed by atoms with van der Waals surface area (Å²) < 4.78 is 5.71. The average Bonchev–Trinajstić information content (AvgIpc) is 3.04. The van der Waals surface area contributed by atoms with Crippen LogP contribution < -0.4 is 10.6 Å². The van der Waals surface area contributed by atoms with E-state index in [9.17, 15) is 9.59 Å². The number of aryl methyl sites for hydroxylation is 2. The summed E-state index contributed by atoms with van der Waals surface area (Å²) in [6, 6.07) is 13.1. The first-order valence-corrected chi connectivity index (χ1v) is 9.66. The molecule has 2 amide bonds. The first-order chi connectivity index (χ1) is 13.7. The zero-order valence-electron chi connectivity index (χ0n) is 17.5. The summed E-state index contributed by atoms with van der Waals surface area (Å²) in [5.41, 5.74) is 3.25. The summed E-state index contributed by atoms with van der Waals surface area (Å²) in [6.07, 6.45) is 0. The smallest absolute Gasteiger partial charge is 0.255 e. The van der Waals surface area contributed by atoms with Crippen LogP contribution in [0.3, 0.4) is 0 Å². The molecule has 0 unspecified atom stereocenters. The van der Waals surface area contributed by atoms with Crippen molar-refractivity contribution < 1.29 is 14.0 Å². The molecule has 3 rings (SSSR count). The monoisotopic (exact) mass is 393 g/mol. The van der Waals surface area contributed by atoms with E-state index in [4.69, 9.17) is 4.42 Å². The number of amides is 2. The van der Waals surface area contributed by atoms with Gasteiger partial charge >= 0.3 is 0 Å². The Kier molecular flexibility index (Phi) is 6.03. The second-order valence-corrected chi connectivity index (χ2v) is 7.62. The van der Waals surface area contributed by atoms with E-state index in [-0.39, 0.29) is 24.4 Å². The number of hydrogen-bond acceptors (Lipinski definition) is 4. The number of hydrogen-bond donors (Lipinski definition) is 2. The minimum Gasteiger partial charge on any atom is -0.459 e. The molecule has 0 aliphatic rings. The highest BCUT2D eigenvalue weighted by molar-refractivity contribution is 6.09. The normalized spacial score (nSPS) is 11.3. The summed E-state index contributed by atoms with van der Waals surface area (Å²) in [6.45, 7) is 8.12. The van der Waals surface area contributed by atoms with E-state index in [1.807, 2.05) is 70.0 Å². The summed E-state index contributed by atoms with van der Waals surface area (Å²) >= 11 is 0. The lowest BCUT2D eigenvalue weighted by Crippen LogP contribution is -2.34. The van der Waals surface area contributed by atoms with Crippen molar-refractivity contribution in [3.05, 3.63) is 59.4 Å². The molecule has 3 aromatic rings. The molecule has 0 radical (unpaired) electrons. The Morgan fingerprint density at radius 2 is 1.79 bits per heavy atom. The molecule has 2 aromatic carbocycles. The molecule has 6 nitrogen and oxygen atoms in total. The summed E-state index contributed by atoms with van der Waals surface area (Å²) in [7, 11) is 1.90. The number of rotatable bonds is 6. The maximum atomic E-state index is 12.8. The molecule has 1 aromatic heterocycles. The Bertz CT molecular complexity index is 1050. The van der Waals surface area contributed by atoms with Crippen LogP contribution in [-0.4, -0.2) is 36.3 Å². The van der Waals surface area contributed by atoms with Gasteiger partial charge in [-0.15, -0.1) is 0 Å². The number of carbonyl (C=O) groups excluding carboxylic acids is 2. The second kappa shape index (κ2) is 8.49. The highest BCUT2D eigenvalue weighted by Gasteiger charge is 2.15.